The molecule has 0 spiro atoms. The Morgan fingerprint density at radius 1 is 1.37 bits per heavy atom. The van der Waals surface area contributed by atoms with Crippen molar-refractivity contribution >= 4 is 38.9 Å². The highest BCUT2D eigenvalue weighted by atomic mass is 79.9. The minimum atomic E-state index is 0.0696. The van der Waals surface area contributed by atoms with Crippen LogP contribution in [0.2, 0.25) is 5.02 Å². The maximum absolute atomic E-state index is 6.36. The molecule has 0 saturated carbocycles. The fourth-order valence-electron chi connectivity index (χ4n) is 1.91. The van der Waals surface area contributed by atoms with E-state index in [-0.39, 0.29) is 4.83 Å². The Labute approximate surface area is 131 Å². The zero-order chi connectivity index (χ0) is 14.0. The van der Waals surface area contributed by atoms with E-state index in [1.54, 1.807) is 11.3 Å². The molecule has 1 heterocycles. The number of thiophene rings is 1. The van der Waals surface area contributed by atoms with Gasteiger partial charge in [0.05, 0.1) is 16.5 Å². The molecular formula is C15H16BrClOS. The van der Waals surface area contributed by atoms with Crippen molar-refractivity contribution in [3.8, 4) is 5.75 Å². The van der Waals surface area contributed by atoms with Crippen molar-refractivity contribution in [3.05, 3.63) is 50.2 Å². The highest BCUT2D eigenvalue weighted by molar-refractivity contribution is 9.09. The lowest BCUT2D eigenvalue weighted by Crippen LogP contribution is -2.00. The zero-order valence-electron chi connectivity index (χ0n) is 11.2. The van der Waals surface area contributed by atoms with E-state index in [0.717, 1.165) is 26.8 Å². The normalized spacial score (nSPS) is 12.5. The maximum Gasteiger partial charge on any atom is 0.123 e. The summed E-state index contributed by atoms with van der Waals surface area (Å²) in [5.41, 5.74) is 3.47. The van der Waals surface area contributed by atoms with Crippen molar-refractivity contribution in [1.82, 2.24) is 0 Å². The minimum absolute atomic E-state index is 0.0696. The number of rotatable bonds is 4. The standard InChI is InChI=1S/C15H16BrClOS/c1-4-18-12-6-5-9(2)7-11(12)13(16)15-14(17)10(3)8-19-15/h5-8,13H,4H2,1-3H3. The first-order chi connectivity index (χ1) is 9.04. The quantitative estimate of drug-likeness (QED) is 0.617. The van der Waals surface area contributed by atoms with Crippen LogP contribution in [0, 0.1) is 13.8 Å². The highest BCUT2D eigenvalue weighted by Crippen LogP contribution is 2.43. The summed E-state index contributed by atoms with van der Waals surface area (Å²) in [6.45, 7) is 6.77. The van der Waals surface area contributed by atoms with Crippen molar-refractivity contribution in [2.75, 3.05) is 6.61 Å². The van der Waals surface area contributed by atoms with Crippen LogP contribution in [0.15, 0.2) is 23.6 Å². The van der Waals surface area contributed by atoms with Gasteiger partial charge in [0.2, 0.25) is 0 Å². The van der Waals surface area contributed by atoms with Gasteiger partial charge in [-0.2, -0.15) is 0 Å². The van der Waals surface area contributed by atoms with Crippen LogP contribution in [0.25, 0.3) is 0 Å². The lowest BCUT2D eigenvalue weighted by Gasteiger charge is -2.15. The fourth-order valence-corrected chi connectivity index (χ4v) is 4.25. The average Bonchev–Trinajstić information content (AvgIpc) is 2.72. The monoisotopic (exact) mass is 358 g/mol. The molecule has 19 heavy (non-hydrogen) atoms. The SMILES string of the molecule is CCOc1ccc(C)cc1C(Br)c1scc(C)c1Cl. The molecule has 0 bridgehead atoms. The van der Waals surface area contributed by atoms with Crippen molar-refractivity contribution in [1.29, 1.82) is 0 Å². The lowest BCUT2D eigenvalue weighted by molar-refractivity contribution is 0.337. The van der Waals surface area contributed by atoms with Crippen molar-refractivity contribution < 1.29 is 4.74 Å². The van der Waals surface area contributed by atoms with E-state index in [1.165, 1.54) is 5.56 Å². The summed E-state index contributed by atoms with van der Waals surface area (Å²) in [5, 5.41) is 2.93. The molecule has 1 aromatic carbocycles. The molecule has 1 nitrogen and oxygen atoms in total. The zero-order valence-corrected chi connectivity index (χ0v) is 14.3. The third kappa shape index (κ3) is 3.15. The lowest BCUT2D eigenvalue weighted by atomic mass is 10.1. The largest absolute Gasteiger partial charge is 0.494 e. The molecular weight excluding hydrogens is 344 g/mol. The number of hydrogen-bond acceptors (Lipinski definition) is 2. The predicted octanol–water partition coefficient (Wildman–Crippen LogP) is 5.90. The smallest absolute Gasteiger partial charge is 0.123 e. The summed E-state index contributed by atoms with van der Waals surface area (Å²) in [6, 6.07) is 6.24. The van der Waals surface area contributed by atoms with Crippen molar-refractivity contribution in [2.24, 2.45) is 0 Å². The molecule has 2 rings (SSSR count). The second kappa shape index (κ2) is 6.29. The van der Waals surface area contributed by atoms with Crippen LogP contribution in [-0.4, -0.2) is 6.61 Å². The molecule has 0 radical (unpaired) electrons. The minimum Gasteiger partial charge on any atom is -0.494 e. The van der Waals surface area contributed by atoms with Gasteiger partial charge < -0.3 is 4.74 Å². The maximum atomic E-state index is 6.36. The van der Waals surface area contributed by atoms with Gasteiger partial charge in [-0.1, -0.05) is 45.2 Å². The third-order valence-corrected chi connectivity index (χ3v) is 5.93. The van der Waals surface area contributed by atoms with Gasteiger partial charge >= 0.3 is 0 Å². The molecule has 0 amide bonds. The Kier molecular flexibility index (Phi) is 4.93. The van der Waals surface area contributed by atoms with Gasteiger partial charge in [0.25, 0.3) is 0 Å². The van der Waals surface area contributed by atoms with Gasteiger partial charge in [0.1, 0.15) is 5.75 Å². The highest BCUT2D eigenvalue weighted by Gasteiger charge is 2.20. The Morgan fingerprint density at radius 3 is 2.68 bits per heavy atom. The Bertz CT molecular complexity index is 580. The first-order valence-electron chi connectivity index (χ1n) is 6.15. The molecule has 0 aliphatic heterocycles. The summed E-state index contributed by atoms with van der Waals surface area (Å²) in [6.07, 6.45) is 0. The summed E-state index contributed by atoms with van der Waals surface area (Å²) >= 11 is 11.8. The van der Waals surface area contributed by atoms with Gasteiger partial charge in [0, 0.05) is 10.4 Å². The van der Waals surface area contributed by atoms with E-state index in [4.69, 9.17) is 16.3 Å². The Balaban J connectivity index is 2.45. The van der Waals surface area contributed by atoms with E-state index >= 15 is 0 Å². The first kappa shape index (κ1) is 14.9. The molecule has 1 unspecified atom stereocenters. The Morgan fingerprint density at radius 2 is 2.11 bits per heavy atom. The van der Waals surface area contributed by atoms with Gasteiger partial charge in [-0.15, -0.1) is 11.3 Å². The van der Waals surface area contributed by atoms with Crippen LogP contribution in [0.3, 0.4) is 0 Å². The van der Waals surface area contributed by atoms with Crippen LogP contribution >= 0.6 is 38.9 Å². The molecule has 0 fully saturated rings. The van der Waals surface area contributed by atoms with Gasteiger partial charge in [-0.05, 0) is 37.8 Å². The molecule has 0 N–H and O–H groups in total. The summed E-state index contributed by atoms with van der Waals surface area (Å²) in [7, 11) is 0. The molecule has 2 aromatic rings. The molecule has 0 saturated heterocycles. The number of benzene rings is 1. The van der Waals surface area contributed by atoms with Crippen LogP contribution in [0.1, 0.15) is 33.3 Å². The second-order valence-corrected chi connectivity index (χ2v) is 6.64. The molecule has 1 atom stereocenters. The molecule has 1 aromatic heterocycles. The number of aryl methyl sites for hydroxylation is 2. The summed E-state index contributed by atoms with van der Waals surface area (Å²) in [4.78, 5) is 1.20. The van der Waals surface area contributed by atoms with Gasteiger partial charge in [0.15, 0.2) is 0 Å². The van der Waals surface area contributed by atoms with Crippen LogP contribution in [0.5, 0.6) is 5.75 Å². The molecule has 0 aliphatic carbocycles. The van der Waals surface area contributed by atoms with E-state index in [9.17, 15) is 0 Å². The predicted molar refractivity (Wildman–Crippen MR) is 87.2 cm³/mol. The van der Waals surface area contributed by atoms with E-state index in [1.807, 2.05) is 19.9 Å². The Hall–Kier alpha value is -0.510. The van der Waals surface area contributed by atoms with Crippen LogP contribution in [0.4, 0.5) is 0 Å². The number of halogens is 2. The van der Waals surface area contributed by atoms with E-state index in [0.29, 0.717) is 6.61 Å². The first-order valence-corrected chi connectivity index (χ1v) is 8.32. The second-order valence-electron chi connectivity index (χ2n) is 4.43. The third-order valence-electron chi connectivity index (χ3n) is 2.89. The van der Waals surface area contributed by atoms with E-state index < -0.39 is 0 Å². The molecule has 102 valence electrons. The van der Waals surface area contributed by atoms with Crippen LogP contribution < -0.4 is 4.74 Å². The average molecular weight is 360 g/mol. The van der Waals surface area contributed by atoms with Crippen molar-refractivity contribution in [2.45, 2.75) is 25.6 Å². The molecule has 0 aliphatic rings. The fraction of sp³-hybridized carbons (Fsp3) is 0.333. The number of ether oxygens (including phenoxy) is 1. The topological polar surface area (TPSA) is 9.23 Å². The van der Waals surface area contributed by atoms with Crippen molar-refractivity contribution in [3.63, 3.8) is 0 Å². The van der Waals surface area contributed by atoms with E-state index in [2.05, 4.69) is 40.4 Å². The summed E-state index contributed by atoms with van der Waals surface area (Å²) in [5.74, 6) is 0.914. The summed E-state index contributed by atoms with van der Waals surface area (Å²) < 4.78 is 5.71. The van der Waals surface area contributed by atoms with Gasteiger partial charge in [-0.25, -0.2) is 0 Å². The number of alkyl halides is 1. The number of hydrogen-bond donors (Lipinski definition) is 0. The molecule has 4 heteroatoms. The van der Waals surface area contributed by atoms with Gasteiger partial charge in [-0.3, -0.25) is 0 Å². The van der Waals surface area contributed by atoms with Crippen LogP contribution in [-0.2, 0) is 0 Å².